The van der Waals surface area contributed by atoms with Crippen molar-refractivity contribution in [1.29, 1.82) is 0 Å². The molecule has 4 nitrogen and oxygen atoms in total. The quantitative estimate of drug-likeness (QED) is 0.601. The molecule has 1 amide bonds. The van der Waals surface area contributed by atoms with Gasteiger partial charge in [0.25, 0.3) is 11.7 Å². The van der Waals surface area contributed by atoms with E-state index < -0.39 is 11.7 Å². The minimum atomic E-state index is -0.421. The molecule has 0 spiro atoms. The summed E-state index contributed by atoms with van der Waals surface area (Å²) in [5.74, 6) is 0.0750. The van der Waals surface area contributed by atoms with Gasteiger partial charge in [-0.25, -0.2) is 0 Å². The van der Waals surface area contributed by atoms with E-state index in [-0.39, 0.29) is 0 Å². The van der Waals surface area contributed by atoms with E-state index in [1.165, 1.54) is 0 Å². The van der Waals surface area contributed by atoms with Crippen LogP contribution >= 0.6 is 0 Å². The van der Waals surface area contributed by atoms with Crippen LogP contribution in [0.1, 0.15) is 34.3 Å². The Morgan fingerprint density at radius 1 is 1.00 bits per heavy atom. The van der Waals surface area contributed by atoms with Crippen LogP contribution < -0.4 is 9.64 Å². The van der Waals surface area contributed by atoms with Crippen molar-refractivity contribution in [2.45, 2.75) is 26.7 Å². The highest BCUT2D eigenvalue weighted by atomic mass is 16.5. The molecule has 3 rings (SSSR count). The molecule has 2 aromatic carbocycles. The second-order valence-electron chi connectivity index (χ2n) is 6.13. The number of para-hydroxylation sites is 1. The first-order valence-corrected chi connectivity index (χ1v) is 8.23. The number of anilines is 1. The number of benzene rings is 2. The topological polar surface area (TPSA) is 46.6 Å². The predicted molar refractivity (Wildman–Crippen MR) is 93.8 cm³/mol. The maximum atomic E-state index is 12.1. The van der Waals surface area contributed by atoms with Crippen LogP contribution in [0.15, 0.2) is 42.5 Å². The Morgan fingerprint density at radius 3 is 2.58 bits per heavy atom. The van der Waals surface area contributed by atoms with Gasteiger partial charge in [0.2, 0.25) is 0 Å². The number of ether oxygens (including phenoxy) is 1. The summed E-state index contributed by atoms with van der Waals surface area (Å²) < 4.78 is 5.76. The fraction of sp³-hybridized carbons (Fsp3) is 0.300. The van der Waals surface area contributed by atoms with E-state index in [1.54, 1.807) is 11.0 Å². The van der Waals surface area contributed by atoms with Crippen molar-refractivity contribution in [1.82, 2.24) is 0 Å². The standard InChI is InChI=1S/C20H21NO3/c1-14-9-10-17-16(13-14)19(22)20(23)21(17)11-5-6-12-24-18-8-4-3-7-15(18)2/h3-4,7-10,13H,5-6,11-12H2,1-2H3. The van der Waals surface area contributed by atoms with E-state index >= 15 is 0 Å². The molecule has 0 fully saturated rings. The van der Waals surface area contributed by atoms with Crippen LogP contribution in [0.25, 0.3) is 0 Å². The van der Waals surface area contributed by atoms with Crippen molar-refractivity contribution in [2.24, 2.45) is 0 Å². The molecule has 0 atom stereocenters. The molecule has 1 aliphatic rings. The van der Waals surface area contributed by atoms with E-state index in [0.717, 1.165) is 35.4 Å². The molecule has 0 saturated carbocycles. The Kier molecular flexibility index (Phi) is 4.65. The third kappa shape index (κ3) is 3.18. The highest BCUT2D eigenvalue weighted by molar-refractivity contribution is 6.52. The highest BCUT2D eigenvalue weighted by Gasteiger charge is 2.35. The summed E-state index contributed by atoms with van der Waals surface area (Å²) in [7, 11) is 0. The average molecular weight is 323 g/mol. The van der Waals surface area contributed by atoms with Gasteiger partial charge in [-0.15, -0.1) is 0 Å². The number of Topliss-reactive ketones (excluding diaryl/α,β-unsaturated/α-hetero) is 1. The summed E-state index contributed by atoms with van der Waals surface area (Å²) in [6, 6.07) is 13.5. The fourth-order valence-corrected chi connectivity index (χ4v) is 2.91. The molecule has 0 radical (unpaired) electrons. The van der Waals surface area contributed by atoms with Gasteiger partial charge < -0.3 is 9.64 Å². The van der Waals surface area contributed by atoms with Crippen LogP contribution in [0.3, 0.4) is 0 Å². The molecule has 124 valence electrons. The van der Waals surface area contributed by atoms with E-state index in [4.69, 9.17) is 4.74 Å². The second kappa shape index (κ2) is 6.87. The monoisotopic (exact) mass is 323 g/mol. The summed E-state index contributed by atoms with van der Waals surface area (Å²) >= 11 is 0. The van der Waals surface area contributed by atoms with Crippen molar-refractivity contribution >= 4 is 17.4 Å². The zero-order valence-electron chi connectivity index (χ0n) is 14.0. The Bertz CT molecular complexity index is 782. The van der Waals surface area contributed by atoms with Crippen LogP contribution in [0.2, 0.25) is 0 Å². The number of nitrogens with zero attached hydrogens (tertiary/aromatic N) is 1. The lowest BCUT2D eigenvalue weighted by Crippen LogP contribution is -2.30. The number of carbonyl (C=O) groups excluding carboxylic acids is 2. The van der Waals surface area contributed by atoms with Gasteiger partial charge in [-0.3, -0.25) is 9.59 Å². The number of hydrogen-bond acceptors (Lipinski definition) is 3. The summed E-state index contributed by atoms with van der Waals surface area (Å²) in [5, 5.41) is 0. The fourth-order valence-electron chi connectivity index (χ4n) is 2.91. The van der Waals surface area contributed by atoms with Gasteiger partial charge in [0.15, 0.2) is 0 Å². The van der Waals surface area contributed by atoms with E-state index in [9.17, 15) is 9.59 Å². The summed E-state index contributed by atoms with van der Waals surface area (Å²) in [4.78, 5) is 25.8. The van der Waals surface area contributed by atoms with Gasteiger partial charge in [0, 0.05) is 6.54 Å². The Hall–Kier alpha value is -2.62. The lowest BCUT2D eigenvalue weighted by Gasteiger charge is -2.16. The lowest BCUT2D eigenvalue weighted by molar-refractivity contribution is -0.114. The summed E-state index contributed by atoms with van der Waals surface area (Å²) in [6.07, 6.45) is 1.62. The summed E-state index contributed by atoms with van der Waals surface area (Å²) in [5.41, 5.74) is 3.36. The van der Waals surface area contributed by atoms with Gasteiger partial charge >= 0.3 is 0 Å². The Labute approximate surface area is 142 Å². The molecule has 0 aromatic heterocycles. The molecule has 1 heterocycles. The molecule has 2 aromatic rings. The predicted octanol–water partition coefficient (Wildman–Crippen LogP) is 3.69. The van der Waals surface area contributed by atoms with Gasteiger partial charge in [0.1, 0.15) is 5.75 Å². The number of carbonyl (C=O) groups is 2. The minimum absolute atomic E-state index is 0.398. The van der Waals surface area contributed by atoms with Crippen molar-refractivity contribution in [2.75, 3.05) is 18.1 Å². The Balaban J connectivity index is 1.53. The third-order valence-electron chi connectivity index (χ3n) is 4.25. The van der Waals surface area contributed by atoms with Crippen LogP contribution in [-0.2, 0) is 4.79 Å². The zero-order valence-corrected chi connectivity index (χ0v) is 14.0. The molecule has 0 unspecified atom stereocenters. The molecule has 0 N–H and O–H groups in total. The molecule has 24 heavy (non-hydrogen) atoms. The van der Waals surface area contributed by atoms with E-state index in [1.807, 2.05) is 50.2 Å². The highest BCUT2D eigenvalue weighted by Crippen LogP contribution is 2.29. The molecular weight excluding hydrogens is 302 g/mol. The number of unbranched alkanes of at least 4 members (excludes halogenated alkanes) is 1. The normalized spacial score (nSPS) is 13.3. The molecule has 1 aliphatic heterocycles. The van der Waals surface area contributed by atoms with Crippen molar-refractivity contribution in [3.8, 4) is 5.75 Å². The Morgan fingerprint density at radius 2 is 1.79 bits per heavy atom. The number of amides is 1. The first-order valence-electron chi connectivity index (χ1n) is 8.23. The van der Waals surface area contributed by atoms with Gasteiger partial charge in [0.05, 0.1) is 17.9 Å². The maximum absolute atomic E-state index is 12.1. The largest absolute Gasteiger partial charge is 0.493 e. The number of aryl methyl sites for hydroxylation is 2. The number of hydrogen-bond donors (Lipinski definition) is 0. The molecule has 4 heteroatoms. The SMILES string of the molecule is Cc1ccc2c(c1)C(=O)C(=O)N2CCCCOc1ccccc1C. The van der Waals surface area contributed by atoms with Crippen molar-refractivity contribution < 1.29 is 14.3 Å². The smallest absolute Gasteiger partial charge is 0.299 e. The third-order valence-corrected chi connectivity index (χ3v) is 4.25. The van der Waals surface area contributed by atoms with Crippen LogP contribution in [0.4, 0.5) is 5.69 Å². The zero-order chi connectivity index (χ0) is 17.1. The van der Waals surface area contributed by atoms with Crippen LogP contribution in [-0.4, -0.2) is 24.8 Å². The van der Waals surface area contributed by atoms with Crippen molar-refractivity contribution in [3.05, 3.63) is 59.2 Å². The summed E-state index contributed by atoms with van der Waals surface area (Å²) in [6.45, 7) is 5.08. The maximum Gasteiger partial charge on any atom is 0.299 e. The first-order chi connectivity index (χ1) is 11.6. The first kappa shape index (κ1) is 16.2. The van der Waals surface area contributed by atoms with E-state index in [2.05, 4.69) is 0 Å². The van der Waals surface area contributed by atoms with E-state index in [0.29, 0.717) is 18.7 Å². The second-order valence-corrected chi connectivity index (χ2v) is 6.13. The van der Waals surface area contributed by atoms with Gasteiger partial charge in [-0.05, 0) is 50.5 Å². The molecule has 0 aliphatic carbocycles. The molecular formula is C20H21NO3. The minimum Gasteiger partial charge on any atom is -0.493 e. The number of rotatable bonds is 6. The number of ketones is 1. The van der Waals surface area contributed by atoms with Crippen LogP contribution in [0, 0.1) is 13.8 Å². The number of fused-ring (bicyclic) bond motifs is 1. The molecule has 0 bridgehead atoms. The van der Waals surface area contributed by atoms with Gasteiger partial charge in [-0.1, -0.05) is 29.8 Å². The average Bonchev–Trinajstić information content (AvgIpc) is 2.80. The van der Waals surface area contributed by atoms with Crippen LogP contribution in [0.5, 0.6) is 5.75 Å². The van der Waals surface area contributed by atoms with Gasteiger partial charge in [-0.2, -0.15) is 0 Å². The molecule has 0 saturated heterocycles. The lowest BCUT2D eigenvalue weighted by atomic mass is 10.1. The van der Waals surface area contributed by atoms with Crippen molar-refractivity contribution in [3.63, 3.8) is 0 Å².